The molecule has 1 aliphatic carbocycles. The van der Waals surface area contributed by atoms with Crippen LogP contribution in [0.5, 0.6) is 0 Å². The average molecular weight is 282 g/mol. The first-order chi connectivity index (χ1) is 9.60. The number of hydrogen-bond donors (Lipinski definition) is 1. The maximum atomic E-state index is 13.6. The lowest BCUT2D eigenvalue weighted by Gasteiger charge is -2.48. The predicted octanol–water partition coefficient (Wildman–Crippen LogP) is 3.22. The zero-order valence-electron chi connectivity index (χ0n) is 11.4. The van der Waals surface area contributed by atoms with Gasteiger partial charge in [0, 0.05) is 18.6 Å². The summed E-state index contributed by atoms with van der Waals surface area (Å²) in [4.78, 5) is 0. The van der Waals surface area contributed by atoms with Gasteiger partial charge in [-0.05, 0) is 50.2 Å². The molecule has 2 unspecified atom stereocenters. The minimum atomic E-state index is -0.706. The number of hydrogen-bond acceptors (Lipinski definition) is 2. The fraction of sp³-hybridized carbons (Fsp3) is 0.625. The maximum Gasteiger partial charge on any atom is 0.129 e. The molecular weight excluding hydrogens is 262 g/mol. The van der Waals surface area contributed by atoms with Gasteiger partial charge < -0.3 is 9.84 Å². The van der Waals surface area contributed by atoms with E-state index in [2.05, 4.69) is 0 Å². The summed E-state index contributed by atoms with van der Waals surface area (Å²) in [6, 6.07) is 3.82. The van der Waals surface area contributed by atoms with E-state index in [1.165, 1.54) is 24.6 Å². The highest BCUT2D eigenvalue weighted by molar-refractivity contribution is 5.20. The molecule has 1 heterocycles. The predicted molar refractivity (Wildman–Crippen MR) is 71.3 cm³/mol. The van der Waals surface area contributed by atoms with E-state index in [0.29, 0.717) is 6.61 Å². The standard InChI is InChI=1S/C16H20F2O2/c17-13-3-1-4-14(18)12(13)9-15(19)11-5-8-20-16(10-11)6-2-7-16/h1,3-4,11,15,19H,2,5-10H2. The summed E-state index contributed by atoms with van der Waals surface area (Å²) < 4.78 is 33.1. The lowest BCUT2D eigenvalue weighted by molar-refractivity contribution is -0.156. The normalized spacial score (nSPS) is 26.2. The third-order valence-electron chi connectivity index (χ3n) is 4.81. The van der Waals surface area contributed by atoms with Gasteiger partial charge in [-0.3, -0.25) is 0 Å². The number of rotatable bonds is 3. The molecule has 110 valence electrons. The largest absolute Gasteiger partial charge is 0.392 e. The Morgan fingerprint density at radius 2 is 2.00 bits per heavy atom. The van der Waals surface area contributed by atoms with Gasteiger partial charge in [0.15, 0.2) is 0 Å². The highest BCUT2D eigenvalue weighted by Gasteiger charge is 2.44. The van der Waals surface area contributed by atoms with Crippen LogP contribution in [0.2, 0.25) is 0 Å². The first-order valence-electron chi connectivity index (χ1n) is 7.35. The van der Waals surface area contributed by atoms with Crippen LogP contribution in [0.3, 0.4) is 0 Å². The second-order valence-corrected chi connectivity index (χ2v) is 6.11. The van der Waals surface area contributed by atoms with Crippen molar-refractivity contribution in [3.05, 3.63) is 35.4 Å². The van der Waals surface area contributed by atoms with Crippen LogP contribution >= 0.6 is 0 Å². The third-order valence-corrected chi connectivity index (χ3v) is 4.81. The van der Waals surface area contributed by atoms with Gasteiger partial charge in [0.25, 0.3) is 0 Å². The van der Waals surface area contributed by atoms with Crippen molar-refractivity contribution in [1.82, 2.24) is 0 Å². The van der Waals surface area contributed by atoms with Crippen molar-refractivity contribution in [2.75, 3.05) is 6.61 Å². The summed E-state index contributed by atoms with van der Waals surface area (Å²) in [5.74, 6) is -1.08. The molecule has 1 saturated heterocycles. The molecule has 2 fully saturated rings. The summed E-state index contributed by atoms with van der Waals surface area (Å²) >= 11 is 0. The summed E-state index contributed by atoms with van der Waals surface area (Å²) in [5.41, 5.74) is -0.0633. The summed E-state index contributed by atoms with van der Waals surface area (Å²) in [6.45, 7) is 0.640. The molecule has 1 aromatic carbocycles. The van der Waals surface area contributed by atoms with E-state index >= 15 is 0 Å². The van der Waals surface area contributed by atoms with Crippen molar-refractivity contribution in [2.24, 2.45) is 5.92 Å². The smallest absolute Gasteiger partial charge is 0.129 e. The molecule has 0 bridgehead atoms. The first-order valence-corrected chi connectivity index (χ1v) is 7.35. The van der Waals surface area contributed by atoms with E-state index in [1.54, 1.807) is 0 Å². The third kappa shape index (κ3) is 2.59. The molecule has 1 spiro atoms. The Morgan fingerprint density at radius 1 is 1.30 bits per heavy atom. The summed E-state index contributed by atoms with van der Waals surface area (Å²) in [6.07, 6.45) is 4.17. The van der Waals surface area contributed by atoms with Crippen molar-refractivity contribution >= 4 is 0 Å². The van der Waals surface area contributed by atoms with Crippen LogP contribution in [0.15, 0.2) is 18.2 Å². The second-order valence-electron chi connectivity index (χ2n) is 6.11. The number of benzene rings is 1. The van der Waals surface area contributed by atoms with Crippen LogP contribution in [0, 0.1) is 17.6 Å². The Kier molecular flexibility index (Phi) is 3.78. The van der Waals surface area contributed by atoms with E-state index in [1.807, 2.05) is 0 Å². The van der Waals surface area contributed by atoms with E-state index in [9.17, 15) is 13.9 Å². The fourth-order valence-electron chi connectivity index (χ4n) is 3.42. The SMILES string of the molecule is OC(Cc1c(F)cccc1F)C1CCOC2(CCC2)C1. The van der Waals surface area contributed by atoms with E-state index in [0.717, 1.165) is 25.7 Å². The van der Waals surface area contributed by atoms with Crippen molar-refractivity contribution in [1.29, 1.82) is 0 Å². The molecule has 0 radical (unpaired) electrons. The zero-order chi connectivity index (χ0) is 14.2. The molecule has 4 heteroatoms. The van der Waals surface area contributed by atoms with Gasteiger partial charge in [0.2, 0.25) is 0 Å². The van der Waals surface area contributed by atoms with E-state index in [4.69, 9.17) is 4.74 Å². The molecule has 20 heavy (non-hydrogen) atoms. The lowest BCUT2D eigenvalue weighted by Crippen LogP contribution is -2.48. The van der Waals surface area contributed by atoms with Crippen LogP contribution in [0.4, 0.5) is 8.78 Å². The van der Waals surface area contributed by atoms with Gasteiger partial charge in [-0.15, -0.1) is 0 Å². The summed E-state index contributed by atoms with van der Waals surface area (Å²) in [5, 5.41) is 10.3. The van der Waals surface area contributed by atoms with E-state index in [-0.39, 0.29) is 23.5 Å². The van der Waals surface area contributed by atoms with Crippen LogP contribution in [-0.2, 0) is 11.2 Å². The molecular formula is C16H20F2O2. The van der Waals surface area contributed by atoms with Crippen LogP contribution in [0.25, 0.3) is 0 Å². The van der Waals surface area contributed by atoms with Crippen molar-refractivity contribution in [2.45, 2.75) is 50.2 Å². The van der Waals surface area contributed by atoms with Gasteiger partial charge in [0.05, 0.1) is 11.7 Å². The number of aliphatic hydroxyl groups excluding tert-OH is 1. The Labute approximate surface area is 117 Å². The lowest BCUT2D eigenvalue weighted by atomic mass is 9.70. The average Bonchev–Trinajstić information content (AvgIpc) is 2.41. The summed E-state index contributed by atoms with van der Waals surface area (Å²) in [7, 11) is 0. The molecule has 2 aliphatic rings. The monoisotopic (exact) mass is 282 g/mol. The highest BCUT2D eigenvalue weighted by Crippen LogP contribution is 2.45. The molecule has 3 rings (SSSR count). The molecule has 2 atom stereocenters. The quantitative estimate of drug-likeness (QED) is 0.922. The molecule has 1 saturated carbocycles. The van der Waals surface area contributed by atoms with Gasteiger partial charge >= 0.3 is 0 Å². The first kappa shape index (κ1) is 14.0. The Hall–Kier alpha value is -1.00. The number of halogens is 2. The van der Waals surface area contributed by atoms with Crippen LogP contribution in [-0.4, -0.2) is 23.4 Å². The second kappa shape index (κ2) is 5.41. The fourth-order valence-corrected chi connectivity index (χ4v) is 3.42. The topological polar surface area (TPSA) is 29.5 Å². The van der Waals surface area contributed by atoms with Crippen LogP contribution < -0.4 is 0 Å². The van der Waals surface area contributed by atoms with Crippen molar-refractivity contribution < 1.29 is 18.6 Å². The van der Waals surface area contributed by atoms with E-state index < -0.39 is 17.7 Å². The van der Waals surface area contributed by atoms with Crippen molar-refractivity contribution in [3.63, 3.8) is 0 Å². The van der Waals surface area contributed by atoms with Gasteiger partial charge in [-0.1, -0.05) is 6.07 Å². The molecule has 1 N–H and O–H groups in total. The maximum absolute atomic E-state index is 13.6. The minimum absolute atomic E-state index is 0.00542. The molecule has 1 aliphatic heterocycles. The van der Waals surface area contributed by atoms with Crippen LogP contribution in [0.1, 0.15) is 37.7 Å². The molecule has 0 aromatic heterocycles. The minimum Gasteiger partial charge on any atom is -0.392 e. The Bertz CT molecular complexity index is 465. The van der Waals surface area contributed by atoms with Crippen molar-refractivity contribution in [3.8, 4) is 0 Å². The molecule has 0 amide bonds. The van der Waals surface area contributed by atoms with Gasteiger partial charge in [-0.25, -0.2) is 8.78 Å². The number of ether oxygens (including phenoxy) is 1. The van der Waals surface area contributed by atoms with Gasteiger partial charge in [-0.2, -0.15) is 0 Å². The van der Waals surface area contributed by atoms with Gasteiger partial charge in [0.1, 0.15) is 11.6 Å². The number of aliphatic hydroxyl groups is 1. The molecule has 1 aromatic rings. The Balaban J connectivity index is 1.68. The highest BCUT2D eigenvalue weighted by atomic mass is 19.1. The Morgan fingerprint density at radius 3 is 2.60 bits per heavy atom. The zero-order valence-corrected chi connectivity index (χ0v) is 11.4. The molecule has 2 nitrogen and oxygen atoms in total.